The van der Waals surface area contributed by atoms with Crippen LogP contribution in [0.25, 0.3) is 0 Å². The number of unbranched alkanes of at least 4 members (excludes halogenated alkanes) is 3. The molecule has 0 aliphatic carbocycles. The Balaban J connectivity index is 1.55. The minimum atomic E-state index is -0.404. The van der Waals surface area contributed by atoms with Gasteiger partial charge in [-0.3, -0.25) is 4.79 Å². The number of benzene rings is 2. The summed E-state index contributed by atoms with van der Waals surface area (Å²) >= 11 is 0. The van der Waals surface area contributed by atoms with E-state index in [9.17, 15) is 9.59 Å². The maximum absolute atomic E-state index is 12.5. The second-order valence-corrected chi connectivity index (χ2v) is 7.85. The molecule has 174 valence electrons. The predicted molar refractivity (Wildman–Crippen MR) is 124 cm³/mol. The largest absolute Gasteiger partial charge is 0.461 e. The van der Waals surface area contributed by atoms with Crippen molar-refractivity contribution in [1.29, 1.82) is 0 Å². The average molecular weight is 442 g/mol. The first kappa shape index (κ1) is 25.4. The van der Waals surface area contributed by atoms with Crippen LogP contribution >= 0.6 is 0 Å². The van der Waals surface area contributed by atoms with Gasteiger partial charge in [-0.05, 0) is 36.8 Å². The van der Waals surface area contributed by atoms with Crippen molar-refractivity contribution < 1.29 is 24.2 Å². The fourth-order valence-corrected chi connectivity index (χ4v) is 3.40. The highest BCUT2D eigenvalue weighted by Gasteiger charge is 2.19. The minimum absolute atomic E-state index is 0.0779. The quantitative estimate of drug-likeness (QED) is 0.300. The van der Waals surface area contributed by atoms with E-state index in [2.05, 4.69) is 5.32 Å². The summed E-state index contributed by atoms with van der Waals surface area (Å²) in [5.41, 5.74) is 1.93. The molecule has 2 aromatic rings. The number of ether oxygens (including phenoxy) is 2. The van der Waals surface area contributed by atoms with E-state index in [1.165, 1.54) is 0 Å². The van der Waals surface area contributed by atoms with Crippen LogP contribution in [0.4, 0.5) is 4.79 Å². The first-order valence-corrected chi connectivity index (χ1v) is 11.4. The van der Waals surface area contributed by atoms with Crippen molar-refractivity contribution in [2.75, 3.05) is 13.2 Å². The molecule has 0 fully saturated rings. The molecule has 32 heavy (non-hydrogen) atoms. The van der Waals surface area contributed by atoms with E-state index in [0.717, 1.165) is 43.2 Å². The second-order valence-electron chi connectivity index (χ2n) is 7.85. The van der Waals surface area contributed by atoms with E-state index < -0.39 is 6.09 Å². The molecule has 2 N–H and O–H groups in total. The maximum atomic E-state index is 12.5. The Morgan fingerprint density at radius 2 is 1.31 bits per heavy atom. The van der Waals surface area contributed by atoms with Crippen molar-refractivity contribution in [3.05, 3.63) is 71.8 Å². The van der Waals surface area contributed by atoms with Crippen LogP contribution in [0.5, 0.6) is 0 Å². The Labute approximate surface area is 190 Å². The molecule has 1 amide bonds. The lowest BCUT2D eigenvalue weighted by Crippen LogP contribution is -2.25. The summed E-state index contributed by atoms with van der Waals surface area (Å²) in [5.74, 6) is -0.373. The number of alkyl carbamates (subject to hydrolysis) is 1. The van der Waals surface area contributed by atoms with Gasteiger partial charge in [0.05, 0.1) is 5.92 Å². The molecule has 0 spiro atoms. The predicted octanol–water partition coefficient (Wildman–Crippen LogP) is 5.00. The third-order valence-electron chi connectivity index (χ3n) is 5.23. The number of aliphatic hydroxyl groups excluding tert-OH is 1. The molecule has 2 rings (SSSR count). The van der Waals surface area contributed by atoms with E-state index >= 15 is 0 Å². The van der Waals surface area contributed by atoms with Crippen LogP contribution in [-0.4, -0.2) is 30.3 Å². The number of hydrogen-bond acceptors (Lipinski definition) is 5. The first-order valence-electron chi connectivity index (χ1n) is 11.4. The third kappa shape index (κ3) is 11.0. The van der Waals surface area contributed by atoms with Crippen LogP contribution in [0.3, 0.4) is 0 Å². The summed E-state index contributed by atoms with van der Waals surface area (Å²) in [5, 5.41) is 11.9. The molecule has 0 aliphatic rings. The highest BCUT2D eigenvalue weighted by molar-refractivity contribution is 5.72. The highest BCUT2D eigenvalue weighted by Crippen LogP contribution is 2.19. The molecule has 1 unspecified atom stereocenters. The zero-order chi connectivity index (χ0) is 22.9. The fourth-order valence-electron chi connectivity index (χ4n) is 3.40. The molecule has 2 aromatic carbocycles. The topological polar surface area (TPSA) is 84.9 Å². The molecule has 0 saturated carbocycles. The first-order chi connectivity index (χ1) is 15.7. The Morgan fingerprint density at radius 1 is 0.750 bits per heavy atom. The van der Waals surface area contributed by atoms with E-state index in [1.807, 2.05) is 60.7 Å². The van der Waals surface area contributed by atoms with Gasteiger partial charge in [-0.2, -0.15) is 0 Å². The van der Waals surface area contributed by atoms with E-state index in [-0.39, 0.29) is 31.7 Å². The summed E-state index contributed by atoms with van der Waals surface area (Å²) in [7, 11) is 0. The van der Waals surface area contributed by atoms with Gasteiger partial charge in [0.1, 0.15) is 13.2 Å². The summed E-state index contributed by atoms with van der Waals surface area (Å²) in [6, 6.07) is 19.2. The normalized spacial score (nSPS) is 11.5. The fraction of sp³-hybridized carbons (Fsp3) is 0.462. The molecule has 6 heteroatoms. The molecule has 0 saturated heterocycles. The SMILES string of the molecule is O=C(NCCCCCCC(CCCO)C(=O)OCc1ccccc1)OCc1ccccc1. The molecule has 6 nitrogen and oxygen atoms in total. The zero-order valence-electron chi connectivity index (χ0n) is 18.7. The van der Waals surface area contributed by atoms with Crippen LogP contribution in [0, 0.1) is 5.92 Å². The number of carbonyl (C=O) groups is 2. The van der Waals surface area contributed by atoms with Crippen molar-refractivity contribution in [2.24, 2.45) is 5.92 Å². The van der Waals surface area contributed by atoms with Gasteiger partial charge >= 0.3 is 12.1 Å². The van der Waals surface area contributed by atoms with Crippen LogP contribution in [0.15, 0.2) is 60.7 Å². The highest BCUT2D eigenvalue weighted by atomic mass is 16.5. The van der Waals surface area contributed by atoms with Crippen molar-refractivity contribution in [1.82, 2.24) is 5.32 Å². The van der Waals surface area contributed by atoms with Gasteiger partial charge in [0, 0.05) is 13.2 Å². The number of hydrogen-bond donors (Lipinski definition) is 2. The molecule has 0 bridgehead atoms. The number of amides is 1. The van der Waals surface area contributed by atoms with Gasteiger partial charge in [0.2, 0.25) is 0 Å². The monoisotopic (exact) mass is 441 g/mol. The van der Waals surface area contributed by atoms with E-state index in [4.69, 9.17) is 14.6 Å². The maximum Gasteiger partial charge on any atom is 0.407 e. The van der Waals surface area contributed by atoms with Crippen LogP contribution in [0.1, 0.15) is 56.1 Å². The Kier molecular flexibility index (Phi) is 12.6. The zero-order valence-corrected chi connectivity index (χ0v) is 18.7. The summed E-state index contributed by atoms with van der Waals surface area (Å²) in [4.78, 5) is 24.2. The van der Waals surface area contributed by atoms with Crippen LogP contribution < -0.4 is 5.32 Å². The molecule has 0 radical (unpaired) electrons. The Morgan fingerprint density at radius 3 is 1.94 bits per heavy atom. The lowest BCUT2D eigenvalue weighted by Gasteiger charge is -2.16. The second kappa shape index (κ2) is 15.9. The molecular formula is C26H35NO5. The van der Waals surface area contributed by atoms with Crippen LogP contribution in [0.2, 0.25) is 0 Å². The van der Waals surface area contributed by atoms with Gasteiger partial charge in [-0.15, -0.1) is 0 Å². The number of esters is 1. The van der Waals surface area contributed by atoms with Crippen molar-refractivity contribution >= 4 is 12.1 Å². The van der Waals surface area contributed by atoms with Crippen molar-refractivity contribution in [3.8, 4) is 0 Å². The molecule has 0 heterocycles. The third-order valence-corrected chi connectivity index (χ3v) is 5.23. The van der Waals surface area contributed by atoms with Gasteiger partial charge in [-0.1, -0.05) is 79.9 Å². The lowest BCUT2D eigenvalue weighted by atomic mass is 9.96. The smallest absolute Gasteiger partial charge is 0.407 e. The molecule has 0 aromatic heterocycles. The molecule has 0 aliphatic heterocycles. The van der Waals surface area contributed by atoms with Crippen LogP contribution in [-0.2, 0) is 27.5 Å². The van der Waals surface area contributed by atoms with Gasteiger partial charge < -0.3 is 19.9 Å². The number of nitrogens with one attached hydrogen (secondary N) is 1. The van der Waals surface area contributed by atoms with Gasteiger partial charge in [0.15, 0.2) is 0 Å². The van der Waals surface area contributed by atoms with Crippen molar-refractivity contribution in [3.63, 3.8) is 0 Å². The molecular weight excluding hydrogens is 406 g/mol. The van der Waals surface area contributed by atoms with Crippen molar-refractivity contribution in [2.45, 2.75) is 58.2 Å². The van der Waals surface area contributed by atoms with Gasteiger partial charge in [0.25, 0.3) is 0 Å². The Hall–Kier alpha value is -2.86. The molecule has 1 atom stereocenters. The lowest BCUT2D eigenvalue weighted by molar-refractivity contribution is -0.150. The summed E-state index contributed by atoms with van der Waals surface area (Å²) in [6.07, 6.45) is 5.29. The van der Waals surface area contributed by atoms with Gasteiger partial charge in [-0.25, -0.2) is 4.79 Å². The summed E-state index contributed by atoms with van der Waals surface area (Å²) in [6.45, 7) is 1.19. The number of carbonyl (C=O) groups excluding carboxylic acids is 2. The minimum Gasteiger partial charge on any atom is -0.461 e. The number of aliphatic hydroxyl groups is 1. The van der Waals surface area contributed by atoms with E-state index in [0.29, 0.717) is 19.4 Å². The number of rotatable bonds is 15. The van der Waals surface area contributed by atoms with E-state index in [1.54, 1.807) is 0 Å². The summed E-state index contributed by atoms with van der Waals surface area (Å²) < 4.78 is 10.7. The standard InChI is InChI=1S/C26H35NO5/c28-19-11-17-24(25(29)31-20-22-12-5-3-6-13-22)16-9-1-2-10-18-27-26(30)32-21-23-14-7-4-8-15-23/h3-8,12-15,24,28H,1-2,9-11,16-21H2,(H,27,30). The Bertz CT molecular complexity index is 766. The average Bonchev–Trinajstić information content (AvgIpc) is 2.83.